The van der Waals surface area contributed by atoms with E-state index in [0.29, 0.717) is 0 Å². The van der Waals surface area contributed by atoms with Crippen LogP contribution in [0.4, 0.5) is 0 Å². The topological polar surface area (TPSA) is 22.2 Å². The summed E-state index contributed by atoms with van der Waals surface area (Å²) in [6.45, 7) is 1.87. The molecule has 1 aromatic heterocycles. The van der Waals surface area contributed by atoms with Gasteiger partial charge in [-0.1, -0.05) is 18.1 Å². The number of aromatic nitrogens is 2. The van der Waals surface area contributed by atoms with E-state index >= 15 is 0 Å². The first-order valence-corrected chi connectivity index (χ1v) is 6.09. The van der Waals surface area contributed by atoms with Crippen molar-refractivity contribution in [3.63, 3.8) is 0 Å². The molecule has 1 aliphatic carbocycles. The van der Waals surface area contributed by atoms with Crippen molar-refractivity contribution >= 4 is 0 Å². The molecule has 0 aromatic carbocycles. The minimum atomic E-state index is 0.944. The number of allylic oxidation sites excluding steroid dienone is 2. The van der Waals surface area contributed by atoms with E-state index in [0.717, 1.165) is 24.9 Å². The Kier molecular flexibility index (Phi) is 3.53. The summed E-state index contributed by atoms with van der Waals surface area (Å²) in [5.74, 6) is 2.98. The van der Waals surface area contributed by atoms with E-state index < -0.39 is 0 Å². The Morgan fingerprint density at radius 2 is 2.12 bits per heavy atom. The first-order valence-electron chi connectivity index (χ1n) is 6.09. The van der Waals surface area contributed by atoms with Crippen LogP contribution >= 0.6 is 0 Å². The highest BCUT2D eigenvalue weighted by Gasteiger charge is 2.14. The van der Waals surface area contributed by atoms with E-state index in [2.05, 4.69) is 45.3 Å². The molecule has 0 spiro atoms. The molecule has 0 atom stereocenters. The zero-order valence-electron chi connectivity index (χ0n) is 10.8. The van der Waals surface area contributed by atoms with E-state index in [-0.39, 0.29) is 0 Å². The Morgan fingerprint density at radius 3 is 2.82 bits per heavy atom. The van der Waals surface area contributed by atoms with E-state index in [4.69, 9.17) is 0 Å². The normalized spacial score (nSPS) is 17.7. The number of hydrogen-bond donors (Lipinski definition) is 0. The number of imidazole rings is 1. The lowest BCUT2D eigenvalue weighted by atomic mass is 10.1. The molecule has 1 heterocycles. The molecule has 2 rings (SSSR count). The predicted molar refractivity (Wildman–Crippen MR) is 69.5 cm³/mol. The van der Waals surface area contributed by atoms with Gasteiger partial charge in [0.1, 0.15) is 0 Å². The van der Waals surface area contributed by atoms with Crippen molar-refractivity contribution in [3.05, 3.63) is 29.2 Å². The minimum absolute atomic E-state index is 0.944. The third-order valence-electron chi connectivity index (χ3n) is 3.19. The Balaban J connectivity index is 2.69. The highest BCUT2D eigenvalue weighted by Crippen LogP contribution is 2.15. The van der Waals surface area contributed by atoms with Crippen LogP contribution in [0, 0.1) is 12.0 Å². The summed E-state index contributed by atoms with van der Waals surface area (Å²) in [7, 11) is 3.90. The van der Waals surface area contributed by atoms with Gasteiger partial charge in [0.05, 0.1) is 5.69 Å². The Bertz CT molecular complexity index is 559. The van der Waals surface area contributed by atoms with Crippen molar-refractivity contribution in [2.75, 3.05) is 7.05 Å². The highest BCUT2D eigenvalue weighted by molar-refractivity contribution is 5.24. The van der Waals surface area contributed by atoms with Crippen LogP contribution in [0.3, 0.4) is 0 Å². The van der Waals surface area contributed by atoms with Gasteiger partial charge in [0.15, 0.2) is 0 Å². The molecule has 1 aliphatic rings. The smallest absolute Gasteiger partial charge is 0.216 e. The van der Waals surface area contributed by atoms with E-state index in [1.807, 2.05) is 14.0 Å². The van der Waals surface area contributed by atoms with Gasteiger partial charge in [-0.15, -0.1) is 0 Å². The predicted octanol–water partition coefficient (Wildman–Crippen LogP) is 1.62. The van der Waals surface area contributed by atoms with E-state index in [1.54, 1.807) is 0 Å². The molecule has 0 amide bonds. The molecular weight excluding hydrogens is 210 g/mol. The van der Waals surface area contributed by atoms with Gasteiger partial charge >= 0.3 is 0 Å². The molecule has 0 N–H and O–H groups in total. The van der Waals surface area contributed by atoms with Crippen LogP contribution in [-0.2, 0) is 19.9 Å². The maximum Gasteiger partial charge on any atom is 0.216 e. The molecule has 0 saturated carbocycles. The third kappa shape index (κ3) is 2.08. The van der Waals surface area contributed by atoms with Gasteiger partial charge < -0.3 is 4.57 Å². The first kappa shape index (κ1) is 11.8. The summed E-state index contributed by atoms with van der Waals surface area (Å²) in [4.78, 5) is 4.35. The van der Waals surface area contributed by atoms with Crippen LogP contribution < -0.4 is 5.62 Å². The summed E-state index contributed by atoms with van der Waals surface area (Å²) in [5, 5.41) is 0. The van der Waals surface area contributed by atoms with Gasteiger partial charge in [0.25, 0.3) is 0 Å². The second-order valence-electron chi connectivity index (χ2n) is 4.24. The fraction of sp³-hybridized carbons (Fsp3) is 0.500. The highest BCUT2D eigenvalue weighted by atomic mass is 15.2. The summed E-state index contributed by atoms with van der Waals surface area (Å²) in [5.41, 5.74) is 3.61. The monoisotopic (exact) mass is 229 g/mol. The van der Waals surface area contributed by atoms with Crippen LogP contribution in [0.1, 0.15) is 31.2 Å². The molecule has 3 heteroatoms. The first-order chi connectivity index (χ1) is 8.29. The molecule has 0 aliphatic heterocycles. The van der Waals surface area contributed by atoms with Crippen LogP contribution in [0.25, 0.3) is 0 Å². The minimum Gasteiger partial charge on any atom is -0.316 e. The average Bonchev–Trinajstić information content (AvgIpc) is 2.51. The fourth-order valence-electron chi connectivity index (χ4n) is 2.40. The maximum absolute atomic E-state index is 4.35. The van der Waals surface area contributed by atoms with E-state index in [9.17, 15) is 0 Å². The second-order valence-corrected chi connectivity index (χ2v) is 4.24. The maximum atomic E-state index is 4.35. The molecule has 0 saturated heterocycles. The number of rotatable bonds is 0. The quantitative estimate of drug-likeness (QED) is 0.476. The van der Waals surface area contributed by atoms with E-state index in [1.165, 1.54) is 17.8 Å². The molecule has 0 fully saturated rings. The third-order valence-corrected chi connectivity index (χ3v) is 3.19. The van der Waals surface area contributed by atoms with Crippen LogP contribution in [0.5, 0.6) is 0 Å². The Hall–Kier alpha value is -1.69. The van der Waals surface area contributed by atoms with Gasteiger partial charge in [-0.05, 0) is 26.2 Å². The lowest BCUT2D eigenvalue weighted by molar-refractivity contribution is 0.764. The van der Waals surface area contributed by atoms with Crippen molar-refractivity contribution in [3.8, 4) is 12.0 Å². The lowest BCUT2D eigenvalue weighted by Crippen LogP contribution is -2.23. The average molecular weight is 229 g/mol. The fourth-order valence-corrected chi connectivity index (χ4v) is 2.40. The molecule has 0 radical (unpaired) electrons. The van der Waals surface area contributed by atoms with Gasteiger partial charge in [-0.25, -0.2) is 4.57 Å². The van der Waals surface area contributed by atoms with Gasteiger partial charge in [-0.2, -0.15) is 0 Å². The number of hydrogen-bond acceptors (Lipinski definition) is 1. The lowest BCUT2D eigenvalue weighted by Gasteiger charge is -2.07. The van der Waals surface area contributed by atoms with Crippen molar-refractivity contribution < 1.29 is 0 Å². The zero-order valence-corrected chi connectivity index (χ0v) is 10.8. The van der Waals surface area contributed by atoms with Crippen molar-refractivity contribution in [1.29, 1.82) is 0 Å². The number of fused-ring (bicyclic) bond motifs is 1. The molecule has 3 nitrogen and oxygen atoms in total. The second kappa shape index (κ2) is 5.09. The molecule has 17 heavy (non-hydrogen) atoms. The molecule has 0 bridgehead atoms. The van der Waals surface area contributed by atoms with Gasteiger partial charge in [0.2, 0.25) is 5.62 Å². The molecule has 1 aromatic rings. The zero-order chi connectivity index (χ0) is 12.3. The Morgan fingerprint density at radius 1 is 1.29 bits per heavy atom. The summed E-state index contributed by atoms with van der Waals surface area (Å²) in [6.07, 6.45) is 8.93. The standard InChI is InChI=1S/C14H19N3/c1-4-11-17-13-10-8-6-5-7-9-12(13)16(3)14(17)15-2/h5,7H,6,8-10H2,1-3H3/b7-5-,15-14?. The van der Waals surface area contributed by atoms with Crippen molar-refractivity contribution in [2.24, 2.45) is 12.0 Å². The van der Waals surface area contributed by atoms with Gasteiger partial charge in [0, 0.05) is 32.3 Å². The van der Waals surface area contributed by atoms with Crippen molar-refractivity contribution in [2.45, 2.75) is 32.6 Å². The van der Waals surface area contributed by atoms with Crippen LogP contribution in [0.15, 0.2) is 17.1 Å². The summed E-state index contributed by atoms with van der Waals surface area (Å²) >= 11 is 0. The van der Waals surface area contributed by atoms with Crippen molar-refractivity contribution in [1.82, 2.24) is 9.13 Å². The van der Waals surface area contributed by atoms with Crippen LogP contribution in [0.2, 0.25) is 0 Å². The van der Waals surface area contributed by atoms with Crippen LogP contribution in [-0.4, -0.2) is 16.2 Å². The Labute approximate surface area is 102 Å². The summed E-state index contributed by atoms with van der Waals surface area (Å²) in [6, 6.07) is 3.15. The SMILES string of the molecule is CC#Cn1c2c(n(C)c1=NC)C/C=C\CCC2. The molecule has 90 valence electrons. The molecule has 0 unspecified atom stereocenters. The number of nitrogens with zero attached hydrogens (tertiary/aromatic N) is 3. The largest absolute Gasteiger partial charge is 0.316 e. The molecular formula is C14H19N3. The van der Waals surface area contributed by atoms with Gasteiger partial charge in [-0.3, -0.25) is 4.99 Å². The summed E-state index contributed by atoms with van der Waals surface area (Å²) < 4.78 is 4.21.